The van der Waals surface area contributed by atoms with Crippen LogP contribution in [0.25, 0.3) is 17.0 Å². The van der Waals surface area contributed by atoms with Crippen molar-refractivity contribution in [2.75, 3.05) is 0 Å². The number of carboxylic acids is 1. The minimum absolute atomic E-state index is 0.228. The number of pyridine rings is 1. The number of thiocarbonyl (C=S) groups is 1. The van der Waals surface area contributed by atoms with Gasteiger partial charge in [-0.05, 0) is 29.3 Å². The molecule has 5 nitrogen and oxygen atoms in total. The lowest BCUT2D eigenvalue weighted by atomic mass is 10.1. The highest BCUT2D eigenvalue weighted by atomic mass is 32.2. The summed E-state index contributed by atoms with van der Waals surface area (Å²) in [4.78, 5) is 30.9. The first-order valence-electron chi connectivity index (χ1n) is 8.45. The summed E-state index contributed by atoms with van der Waals surface area (Å²) >= 11 is 6.46. The number of aliphatic carboxylic acids is 1. The summed E-state index contributed by atoms with van der Waals surface area (Å²) in [7, 11) is 0. The van der Waals surface area contributed by atoms with Gasteiger partial charge in [-0.15, -0.1) is 0 Å². The maximum atomic E-state index is 13.0. The molecule has 28 heavy (non-hydrogen) atoms. The van der Waals surface area contributed by atoms with Crippen molar-refractivity contribution in [1.82, 2.24) is 9.88 Å². The fourth-order valence-corrected chi connectivity index (χ4v) is 4.43. The van der Waals surface area contributed by atoms with Crippen molar-refractivity contribution in [2.24, 2.45) is 0 Å². The van der Waals surface area contributed by atoms with Gasteiger partial charge in [-0.1, -0.05) is 72.5 Å². The monoisotopic (exact) mass is 406 g/mol. The molecule has 4 rings (SSSR count). The molecule has 1 aromatic heterocycles. The highest BCUT2D eigenvalue weighted by Gasteiger charge is 2.41. The van der Waals surface area contributed by atoms with E-state index in [2.05, 4.69) is 4.98 Å². The van der Waals surface area contributed by atoms with Gasteiger partial charge in [0.1, 0.15) is 4.32 Å². The van der Waals surface area contributed by atoms with E-state index in [4.69, 9.17) is 12.2 Å². The first kappa shape index (κ1) is 18.3. The van der Waals surface area contributed by atoms with Crippen molar-refractivity contribution >= 4 is 57.2 Å². The van der Waals surface area contributed by atoms with Crippen LogP contribution in [0.2, 0.25) is 0 Å². The van der Waals surface area contributed by atoms with E-state index in [0.29, 0.717) is 10.5 Å². The lowest BCUT2D eigenvalue weighted by molar-refractivity contribution is -0.145. The van der Waals surface area contributed by atoms with Crippen molar-refractivity contribution in [1.29, 1.82) is 0 Å². The Morgan fingerprint density at radius 2 is 1.82 bits per heavy atom. The summed E-state index contributed by atoms with van der Waals surface area (Å²) in [6.45, 7) is 0. The van der Waals surface area contributed by atoms with Gasteiger partial charge in [0.05, 0.1) is 10.4 Å². The zero-order valence-electron chi connectivity index (χ0n) is 14.5. The van der Waals surface area contributed by atoms with Crippen molar-refractivity contribution in [3.05, 3.63) is 82.9 Å². The Morgan fingerprint density at radius 3 is 2.57 bits per heavy atom. The summed E-state index contributed by atoms with van der Waals surface area (Å²) < 4.78 is 0.228. The molecule has 138 valence electrons. The third-order valence-electron chi connectivity index (χ3n) is 4.40. The molecule has 0 spiro atoms. The highest BCUT2D eigenvalue weighted by Crippen LogP contribution is 2.38. The van der Waals surface area contributed by atoms with Crippen LogP contribution in [-0.2, 0) is 9.59 Å². The number of carbonyl (C=O) groups is 2. The van der Waals surface area contributed by atoms with Gasteiger partial charge in [0, 0.05) is 11.6 Å². The quantitative estimate of drug-likeness (QED) is 0.516. The van der Waals surface area contributed by atoms with Gasteiger partial charge in [0.2, 0.25) is 0 Å². The Labute approximate surface area is 170 Å². The lowest BCUT2D eigenvalue weighted by Gasteiger charge is -2.23. The van der Waals surface area contributed by atoms with Crippen LogP contribution in [0.3, 0.4) is 0 Å². The van der Waals surface area contributed by atoms with E-state index in [0.717, 1.165) is 28.2 Å². The topological polar surface area (TPSA) is 70.5 Å². The molecule has 1 fully saturated rings. The average molecular weight is 406 g/mol. The summed E-state index contributed by atoms with van der Waals surface area (Å²) in [6.07, 6.45) is 3.42. The summed E-state index contributed by atoms with van der Waals surface area (Å²) in [5.74, 6) is -1.54. The third-order valence-corrected chi connectivity index (χ3v) is 5.73. The van der Waals surface area contributed by atoms with Crippen LogP contribution in [0.15, 0.2) is 71.8 Å². The summed E-state index contributed by atoms with van der Waals surface area (Å²) in [5.41, 5.74) is 2.15. The predicted octanol–water partition coefficient (Wildman–Crippen LogP) is 4.26. The van der Waals surface area contributed by atoms with E-state index in [1.165, 1.54) is 4.90 Å². The number of nitrogens with zero attached hydrogens (tertiary/aromatic N) is 2. The van der Waals surface area contributed by atoms with Crippen molar-refractivity contribution < 1.29 is 14.7 Å². The Kier molecular flexibility index (Phi) is 4.93. The van der Waals surface area contributed by atoms with Crippen LogP contribution in [0, 0.1) is 0 Å². The number of benzene rings is 2. The van der Waals surface area contributed by atoms with Gasteiger partial charge in [-0.3, -0.25) is 14.7 Å². The van der Waals surface area contributed by atoms with E-state index >= 15 is 0 Å². The van der Waals surface area contributed by atoms with Crippen LogP contribution in [-0.4, -0.2) is 31.2 Å². The third kappa shape index (κ3) is 3.30. The molecule has 7 heteroatoms. The minimum atomic E-state index is -1.16. The molecule has 0 aliphatic carbocycles. The van der Waals surface area contributed by atoms with Gasteiger partial charge in [0.15, 0.2) is 6.04 Å². The van der Waals surface area contributed by atoms with E-state index in [1.807, 2.05) is 30.3 Å². The largest absolute Gasteiger partial charge is 0.479 e. The SMILES string of the molecule is O=C(O)C(c1ccccc1)N1C(=O)/C(=C/c2ccnc3ccccc23)SC1=S. The second-order valence-electron chi connectivity index (χ2n) is 6.12. The number of carbonyl (C=O) groups excluding carboxylic acids is 1. The van der Waals surface area contributed by atoms with Gasteiger partial charge in [-0.25, -0.2) is 4.79 Å². The summed E-state index contributed by atoms with van der Waals surface area (Å²) in [6, 6.07) is 16.9. The number of carboxylic acid groups (broad SMARTS) is 1. The molecule has 0 radical (unpaired) electrons. The molecule has 1 aliphatic heterocycles. The Morgan fingerprint density at radius 1 is 1.11 bits per heavy atom. The van der Waals surface area contributed by atoms with Gasteiger partial charge in [-0.2, -0.15) is 0 Å². The normalized spacial score (nSPS) is 16.7. The van der Waals surface area contributed by atoms with Gasteiger partial charge in [0.25, 0.3) is 5.91 Å². The van der Waals surface area contributed by atoms with Crippen LogP contribution in [0.1, 0.15) is 17.2 Å². The Balaban J connectivity index is 1.74. The van der Waals surface area contributed by atoms with Crippen molar-refractivity contribution in [3.63, 3.8) is 0 Å². The fourth-order valence-electron chi connectivity index (χ4n) is 3.12. The molecular formula is C21H14N2O3S2. The number of hydrogen-bond donors (Lipinski definition) is 1. The standard InChI is InChI=1S/C21H14N2O3S2/c24-19-17(12-14-10-11-22-16-9-5-4-8-15(14)16)28-21(27)23(19)18(20(25)26)13-6-2-1-3-7-13/h1-12,18H,(H,25,26)/b17-12-. The average Bonchev–Trinajstić information content (AvgIpc) is 2.97. The molecule has 3 aromatic rings. The molecule has 0 bridgehead atoms. The lowest BCUT2D eigenvalue weighted by Crippen LogP contribution is -2.37. The zero-order valence-corrected chi connectivity index (χ0v) is 16.1. The van der Waals surface area contributed by atoms with E-state index < -0.39 is 17.9 Å². The molecular weight excluding hydrogens is 392 g/mol. The molecule has 0 saturated carbocycles. The molecule has 2 aromatic carbocycles. The zero-order chi connectivity index (χ0) is 19.7. The molecule has 1 aliphatic rings. The van der Waals surface area contributed by atoms with E-state index in [1.54, 1.807) is 42.6 Å². The summed E-state index contributed by atoms with van der Waals surface area (Å²) in [5, 5.41) is 10.7. The number of aromatic nitrogens is 1. The molecule has 1 N–H and O–H groups in total. The van der Waals surface area contributed by atoms with Crippen LogP contribution in [0.5, 0.6) is 0 Å². The number of rotatable bonds is 4. The van der Waals surface area contributed by atoms with Crippen molar-refractivity contribution in [2.45, 2.75) is 6.04 Å². The number of fused-ring (bicyclic) bond motifs is 1. The molecule has 1 saturated heterocycles. The predicted molar refractivity (Wildman–Crippen MR) is 114 cm³/mol. The number of thioether (sulfide) groups is 1. The fraction of sp³-hybridized carbons (Fsp3) is 0.0476. The first-order chi connectivity index (χ1) is 13.6. The first-order valence-corrected chi connectivity index (χ1v) is 9.67. The van der Waals surface area contributed by atoms with Crippen LogP contribution < -0.4 is 0 Å². The maximum Gasteiger partial charge on any atom is 0.331 e. The Bertz CT molecular complexity index is 1120. The highest BCUT2D eigenvalue weighted by molar-refractivity contribution is 8.26. The second kappa shape index (κ2) is 7.53. The van der Waals surface area contributed by atoms with Crippen molar-refractivity contribution in [3.8, 4) is 0 Å². The molecule has 2 heterocycles. The minimum Gasteiger partial charge on any atom is -0.479 e. The van der Waals surface area contributed by atoms with Gasteiger partial charge < -0.3 is 5.11 Å². The second-order valence-corrected chi connectivity index (χ2v) is 7.80. The maximum absolute atomic E-state index is 13.0. The number of hydrogen-bond acceptors (Lipinski definition) is 5. The van der Waals surface area contributed by atoms with Gasteiger partial charge >= 0.3 is 5.97 Å². The number of amides is 1. The van der Waals surface area contributed by atoms with E-state index in [9.17, 15) is 14.7 Å². The molecule has 1 unspecified atom stereocenters. The number of para-hydroxylation sites is 1. The smallest absolute Gasteiger partial charge is 0.331 e. The van der Waals surface area contributed by atoms with Crippen LogP contribution >= 0.6 is 24.0 Å². The van der Waals surface area contributed by atoms with E-state index in [-0.39, 0.29) is 4.32 Å². The molecule has 1 atom stereocenters. The Hall–Kier alpha value is -3.03. The molecule has 1 amide bonds. The van der Waals surface area contributed by atoms with Crippen LogP contribution in [0.4, 0.5) is 0 Å².